The van der Waals surface area contributed by atoms with Crippen LogP contribution in [-0.2, 0) is 18.2 Å². The maximum atomic E-state index is 13.4. The number of anilines is 1. The predicted octanol–water partition coefficient (Wildman–Crippen LogP) is 4.48. The van der Waals surface area contributed by atoms with Crippen molar-refractivity contribution in [2.45, 2.75) is 32.0 Å². The van der Waals surface area contributed by atoms with Crippen molar-refractivity contribution in [3.63, 3.8) is 0 Å². The maximum absolute atomic E-state index is 13.4. The summed E-state index contributed by atoms with van der Waals surface area (Å²) in [4.78, 5) is 9.03. The summed E-state index contributed by atoms with van der Waals surface area (Å²) in [5.41, 5.74) is 3.16. The third-order valence-corrected chi connectivity index (χ3v) is 5.72. The molecule has 1 aromatic carbocycles. The van der Waals surface area contributed by atoms with Gasteiger partial charge in [-0.2, -0.15) is 4.98 Å². The zero-order chi connectivity index (χ0) is 20.4. The first-order valence-corrected chi connectivity index (χ1v) is 10.7. The molecule has 0 saturated carbocycles. The third-order valence-electron chi connectivity index (χ3n) is 4.84. The molecule has 0 bridgehead atoms. The minimum atomic E-state index is -1.26. The molecule has 148 valence electrons. The number of halogens is 1. The molecule has 3 rings (SSSR count). The highest BCUT2D eigenvalue weighted by Gasteiger charge is 2.23. The Morgan fingerprint density at radius 2 is 1.79 bits per heavy atom. The van der Waals surface area contributed by atoms with Crippen LogP contribution < -0.4 is 5.32 Å². The van der Waals surface area contributed by atoms with Crippen LogP contribution in [-0.4, -0.2) is 31.4 Å². The molecule has 0 saturated heterocycles. The van der Waals surface area contributed by atoms with E-state index in [4.69, 9.17) is 0 Å². The van der Waals surface area contributed by atoms with Crippen molar-refractivity contribution in [2.24, 2.45) is 13.0 Å². The molecule has 5 nitrogen and oxygen atoms in total. The van der Waals surface area contributed by atoms with Crippen LogP contribution in [0.15, 0.2) is 47.8 Å². The molecule has 2 unspecified atom stereocenters. The Kier molecular flexibility index (Phi) is 6.05. The van der Waals surface area contributed by atoms with E-state index in [1.165, 1.54) is 12.1 Å². The first kappa shape index (κ1) is 20.4. The molecular formula is C21H25FN4OS. The summed E-state index contributed by atoms with van der Waals surface area (Å²) in [6.07, 6.45) is 3.35. The summed E-state index contributed by atoms with van der Waals surface area (Å²) in [5.74, 6) is 0.925. The molecule has 0 fully saturated rings. The number of rotatable bonds is 6. The Bertz CT molecular complexity index is 954. The van der Waals surface area contributed by atoms with Gasteiger partial charge >= 0.3 is 5.16 Å². The summed E-state index contributed by atoms with van der Waals surface area (Å²) in [7, 11) is 1.84. The van der Waals surface area contributed by atoms with Crippen LogP contribution >= 0.6 is 0 Å². The molecule has 0 amide bonds. The average molecular weight is 401 g/mol. The monoisotopic (exact) mass is 400 g/mol. The quantitative estimate of drug-likeness (QED) is 0.620. The summed E-state index contributed by atoms with van der Waals surface area (Å²) in [6, 6.07) is 10.3. The number of hydrogen-bond donors (Lipinski definition) is 1. The van der Waals surface area contributed by atoms with Gasteiger partial charge in [-0.25, -0.2) is 9.37 Å². The predicted molar refractivity (Wildman–Crippen MR) is 112 cm³/mol. The van der Waals surface area contributed by atoms with E-state index in [0.29, 0.717) is 16.8 Å². The lowest BCUT2D eigenvalue weighted by Gasteiger charge is -2.18. The number of aromatic nitrogens is 3. The number of nitrogens with one attached hydrogen (secondary N) is 1. The number of imidazole rings is 1. The van der Waals surface area contributed by atoms with Gasteiger partial charge in [0.1, 0.15) is 23.6 Å². The normalized spacial score (nSPS) is 13.6. The molecule has 2 atom stereocenters. The maximum Gasteiger partial charge on any atom is 0.323 e. The van der Waals surface area contributed by atoms with Crippen molar-refractivity contribution in [3.05, 3.63) is 48.4 Å². The topological polar surface area (TPSA) is 65.8 Å². The molecule has 2 aromatic heterocycles. The van der Waals surface area contributed by atoms with Crippen molar-refractivity contribution < 1.29 is 8.94 Å². The summed E-state index contributed by atoms with van der Waals surface area (Å²) >= 11 is -1.26. The van der Waals surface area contributed by atoms with Gasteiger partial charge in [-0.1, -0.05) is 13.8 Å². The Hall–Kier alpha value is -2.38. The molecule has 0 aliphatic carbocycles. The highest BCUT2D eigenvalue weighted by Crippen LogP contribution is 2.34. The lowest BCUT2D eigenvalue weighted by Crippen LogP contribution is -2.22. The van der Waals surface area contributed by atoms with Crippen LogP contribution in [0.5, 0.6) is 0 Å². The molecule has 0 spiro atoms. The second-order valence-electron chi connectivity index (χ2n) is 7.22. The third kappa shape index (κ3) is 4.20. The fourth-order valence-electron chi connectivity index (χ4n) is 2.93. The van der Waals surface area contributed by atoms with E-state index in [1.807, 2.05) is 23.7 Å². The minimum absolute atomic E-state index is 0.268. The highest BCUT2D eigenvalue weighted by molar-refractivity contribution is 7.90. The molecule has 1 N–H and O–H groups in total. The van der Waals surface area contributed by atoms with Gasteiger partial charge in [-0.05, 0) is 49.2 Å². The fraction of sp³-hybridized carbons (Fsp3) is 0.333. The molecule has 0 aliphatic heterocycles. The van der Waals surface area contributed by atoms with E-state index in [0.717, 1.165) is 22.6 Å². The van der Waals surface area contributed by atoms with Gasteiger partial charge < -0.3 is 9.87 Å². The SMILES string of the molecule is CC(C)C(C)Nc1cc(-c2c(-c3ccc(F)cc3)nc([S+](C)[O-])n2C)ccn1. The fourth-order valence-corrected chi connectivity index (χ4v) is 3.63. The Morgan fingerprint density at radius 3 is 2.39 bits per heavy atom. The van der Waals surface area contributed by atoms with Gasteiger partial charge in [0.25, 0.3) is 0 Å². The van der Waals surface area contributed by atoms with Crippen molar-refractivity contribution in [1.82, 2.24) is 14.5 Å². The zero-order valence-electron chi connectivity index (χ0n) is 16.7. The molecule has 3 aromatic rings. The molecular weight excluding hydrogens is 375 g/mol. The van der Waals surface area contributed by atoms with Crippen LogP contribution in [0.2, 0.25) is 0 Å². The van der Waals surface area contributed by atoms with Crippen LogP contribution in [0.3, 0.4) is 0 Å². The number of benzene rings is 1. The Morgan fingerprint density at radius 1 is 1.11 bits per heavy atom. The van der Waals surface area contributed by atoms with E-state index >= 15 is 0 Å². The minimum Gasteiger partial charge on any atom is -0.609 e. The van der Waals surface area contributed by atoms with Gasteiger partial charge in [0.2, 0.25) is 0 Å². The lowest BCUT2D eigenvalue weighted by molar-refractivity contribution is 0.558. The Labute approximate surface area is 168 Å². The molecule has 7 heteroatoms. The van der Waals surface area contributed by atoms with Gasteiger partial charge in [-0.15, -0.1) is 0 Å². The van der Waals surface area contributed by atoms with Crippen molar-refractivity contribution in [1.29, 1.82) is 0 Å². The molecule has 0 radical (unpaired) electrons. The van der Waals surface area contributed by atoms with Crippen molar-refractivity contribution in [3.8, 4) is 22.5 Å². The van der Waals surface area contributed by atoms with Crippen molar-refractivity contribution >= 4 is 17.0 Å². The van der Waals surface area contributed by atoms with Gasteiger partial charge in [-0.3, -0.25) is 4.57 Å². The lowest BCUT2D eigenvalue weighted by atomic mass is 10.0. The van der Waals surface area contributed by atoms with Crippen molar-refractivity contribution in [2.75, 3.05) is 11.6 Å². The first-order chi connectivity index (χ1) is 13.3. The second kappa shape index (κ2) is 8.32. The van der Waals surface area contributed by atoms with E-state index in [1.54, 1.807) is 24.6 Å². The van der Waals surface area contributed by atoms with Crippen LogP contribution in [0.25, 0.3) is 22.5 Å². The van der Waals surface area contributed by atoms with Gasteiger partial charge in [0, 0.05) is 41.6 Å². The first-order valence-electron chi connectivity index (χ1n) is 9.17. The van der Waals surface area contributed by atoms with E-state index in [2.05, 4.69) is 36.1 Å². The summed E-state index contributed by atoms with van der Waals surface area (Å²) in [6.45, 7) is 6.42. The summed E-state index contributed by atoms with van der Waals surface area (Å²) in [5, 5.41) is 3.89. The van der Waals surface area contributed by atoms with E-state index < -0.39 is 11.2 Å². The number of pyridine rings is 1. The van der Waals surface area contributed by atoms with Crippen LogP contribution in [0.4, 0.5) is 10.2 Å². The van der Waals surface area contributed by atoms with Gasteiger partial charge in [0.15, 0.2) is 0 Å². The van der Waals surface area contributed by atoms with Gasteiger partial charge in [0.05, 0.1) is 5.69 Å². The summed E-state index contributed by atoms with van der Waals surface area (Å²) < 4.78 is 27.4. The van der Waals surface area contributed by atoms with E-state index in [9.17, 15) is 8.94 Å². The smallest absolute Gasteiger partial charge is 0.323 e. The van der Waals surface area contributed by atoms with Crippen LogP contribution in [0, 0.1) is 11.7 Å². The zero-order valence-corrected chi connectivity index (χ0v) is 17.5. The number of nitrogens with zero attached hydrogens (tertiary/aromatic N) is 3. The average Bonchev–Trinajstić information content (AvgIpc) is 3.00. The second-order valence-corrected chi connectivity index (χ2v) is 8.49. The Balaban J connectivity index is 2.11. The molecule has 28 heavy (non-hydrogen) atoms. The largest absolute Gasteiger partial charge is 0.609 e. The standard InChI is InChI=1S/C21H25FN4OS/c1-13(2)14(3)24-18-12-16(10-11-23-18)20-19(15-6-8-17(22)9-7-15)25-21(26(20)4)28(5)27/h6-14H,1-5H3,(H,23,24). The van der Waals surface area contributed by atoms with Crippen LogP contribution in [0.1, 0.15) is 20.8 Å². The number of hydrogen-bond acceptors (Lipinski definition) is 4. The molecule has 0 aliphatic rings. The molecule has 2 heterocycles. The highest BCUT2D eigenvalue weighted by atomic mass is 32.2. The van der Waals surface area contributed by atoms with E-state index in [-0.39, 0.29) is 11.9 Å².